The largest absolute Gasteiger partial charge is 0.350 e. The van der Waals surface area contributed by atoms with E-state index in [1.807, 2.05) is 0 Å². The third-order valence-electron chi connectivity index (χ3n) is 4.00. The fraction of sp³-hybridized carbons (Fsp3) is 0.533. The first-order valence-corrected chi connectivity index (χ1v) is 7.75. The molecule has 5 nitrogen and oxygen atoms in total. The van der Waals surface area contributed by atoms with E-state index in [0.29, 0.717) is 44.8 Å². The topological polar surface area (TPSA) is 50.8 Å². The van der Waals surface area contributed by atoms with Crippen molar-refractivity contribution in [2.45, 2.75) is 25.0 Å². The Kier molecular flexibility index (Phi) is 4.52. The number of anilines is 1. The molecule has 7 heteroatoms. The monoisotopic (exact) mass is 328 g/mol. The highest BCUT2D eigenvalue weighted by atomic mass is 35.5. The average molecular weight is 329 g/mol. The summed E-state index contributed by atoms with van der Waals surface area (Å²) in [5.41, 5.74) is 0.474. The molecule has 0 aliphatic carbocycles. The summed E-state index contributed by atoms with van der Waals surface area (Å²) in [4.78, 5) is 13.9. The molecule has 2 amide bonds. The van der Waals surface area contributed by atoms with Crippen molar-refractivity contribution in [3.8, 4) is 0 Å². The van der Waals surface area contributed by atoms with Gasteiger partial charge in [-0.3, -0.25) is 0 Å². The summed E-state index contributed by atoms with van der Waals surface area (Å²) in [6.45, 7) is 2.53. The second kappa shape index (κ2) is 6.40. The van der Waals surface area contributed by atoms with E-state index in [4.69, 9.17) is 21.1 Å². The molecule has 0 unspecified atom stereocenters. The van der Waals surface area contributed by atoms with Gasteiger partial charge in [-0.2, -0.15) is 0 Å². The van der Waals surface area contributed by atoms with Crippen molar-refractivity contribution >= 4 is 23.3 Å². The summed E-state index contributed by atoms with van der Waals surface area (Å²) in [6, 6.07) is 3.88. The maximum Gasteiger partial charge on any atom is 0.321 e. The summed E-state index contributed by atoms with van der Waals surface area (Å²) in [5.74, 6) is -1.03. The Morgan fingerprint density at radius 2 is 1.95 bits per heavy atom. The van der Waals surface area contributed by atoms with Crippen LogP contribution in [0.15, 0.2) is 18.2 Å². The number of amides is 2. The van der Waals surface area contributed by atoms with Gasteiger partial charge in [0.1, 0.15) is 5.82 Å². The smallest absolute Gasteiger partial charge is 0.321 e. The SMILES string of the molecule is O=C(Nc1ccc(F)c(Cl)c1)N1CCC2(CC1)OCCCO2. The van der Waals surface area contributed by atoms with Crippen LogP contribution in [0.25, 0.3) is 0 Å². The van der Waals surface area contributed by atoms with Crippen LogP contribution in [-0.2, 0) is 9.47 Å². The molecule has 1 spiro atoms. The lowest BCUT2D eigenvalue weighted by Crippen LogP contribution is -2.52. The zero-order chi connectivity index (χ0) is 15.6. The van der Waals surface area contributed by atoms with Crippen molar-refractivity contribution in [2.24, 2.45) is 0 Å². The predicted octanol–water partition coefficient (Wildman–Crippen LogP) is 3.24. The first-order valence-electron chi connectivity index (χ1n) is 7.37. The maximum atomic E-state index is 13.1. The van der Waals surface area contributed by atoms with Crippen LogP contribution >= 0.6 is 11.6 Å². The highest BCUT2D eigenvalue weighted by Crippen LogP contribution is 2.31. The summed E-state index contributed by atoms with van der Waals surface area (Å²) in [7, 11) is 0. The minimum atomic E-state index is -0.520. The van der Waals surface area contributed by atoms with E-state index in [1.165, 1.54) is 18.2 Å². The summed E-state index contributed by atoms with van der Waals surface area (Å²) < 4.78 is 24.6. The molecular formula is C15H18ClFN2O3. The fourth-order valence-corrected chi connectivity index (χ4v) is 2.91. The van der Waals surface area contributed by atoms with Gasteiger partial charge in [-0.1, -0.05) is 11.6 Å². The van der Waals surface area contributed by atoms with Gasteiger partial charge < -0.3 is 19.7 Å². The fourth-order valence-electron chi connectivity index (χ4n) is 2.73. The number of carbonyl (C=O) groups is 1. The number of carbonyl (C=O) groups excluding carboxylic acids is 1. The Hall–Kier alpha value is -1.37. The maximum absolute atomic E-state index is 13.1. The Bertz CT molecular complexity index is 554. The molecule has 2 aliphatic heterocycles. The van der Waals surface area contributed by atoms with E-state index in [1.54, 1.807) is 4.90 Å². The van der Waals surface area contributed by atoms with Crippen LogP contribution in [-0.4, -0.2) is 43.0 Å². The van der Waals surface area contributed by atoms with E-state index in [9.17, 15) is 9.18 Å². The molecule has 2 aliphatic rings. The zero-order valence-corrected chi connectivity index (χ0v) is 12.9. The van der Waals surface area contributed by atoms with E-state index < -0.39 is 11.6 Å². The average Bonchev–Trinajstić information content (AvgIpc) is 2.52. The van der Waals surface area contributed by atoms with Crippen LogP contribution < -0.4 is 5.32 Å². The minimum absolute atomic E-state index is 0.0144. The van der Waals surface area contributed by atoms with Gasteiger partial charge in [0, 0.05) is 31.6 Å². The van der Waals surface area contributed by atoms with Gasteiger partial charge in [0.05, 0.1) is 18.2 Å². The minimum Gasteiger partial charge on any atom is -0.350 e. The first-order chi connectivity index (χ1) is 10.6. The number of rotatable bonds is 1. The lowest BCUT2D eigenvalue weighted by molar-refractivity contribution is -0.281. The van der Waals surface area contributed by atoms with E-state index >= 15 is 0 Å². The molecule has 2 heterocycles. The molecule has 0 radical (unpaired) electrons. The third-order valence-corrected chi connectivity index (χ3v) is 4.29. The predicted molar refractivity (Wildman–Crippen MR) is 80.5 cm³/mol. The Labute approximate surface area is 133 Å². The number of piperidine rings is 1. The quantitative estimate of drug-likeness (QED) is 0.861. The molecule has 0 aromatic heterocycles. The molecule has 1 aromatic rings. The van der Waals surface area contributed by atoms with Crippen molar-refractivity contribution in [2.75, 3.05) is 31.6 Å². The number of likely N-dealkylation sites (tertiary alicyclic amines) is 1. The van der Waals surface area contributed by atoms with Gasteiger partial charge in [0.25, 0.3) is 0 Å². The van der Waals surface area contributed by atoms with Crippen molar-refractivity contribution in [1.29, 1.82) is 0 Å². The standard InChI is InChI=1S/C15H18ClFN2O3/c16-12-10-11(2-3-13(12)17)18-14(20)19-6-4-15(5-7-19)21-8-1-9-22-15/h2-3,10H,1,4-9H2,(H,18,20). The Balaban J connectivity index is 1.56. The van der Waals surface area contributed by atoms with Crippen LogP contribution in [0.5, 0.6) is 0 Å². The van der Waals surface area contributed by atoms with Crippen LogP contribution in [0, 0.1) is 5.82 Å². The molecule has 3 rings (SSSR count). The zero-order valence-electron chi connectivity index (χ0n) is 12.1. The molecular weight excluding hydrogens is 311 g/mol. The summed E-state index contributed by atoms with van der Waals surface area (Å²) in [5, 5.41) is 2.71. The number of nitrogens with zero attached hydrogens (tertiary/aromatic N) is 1. The molecule has 22 heavy (non-hydrogen) atoms. The van der Waals surface area contributed by atoms with Crippen LogP contribution in [0.2, 0.25) is 5.02 Å². The Morgan fingerprint density at radius 3 is 2.59 bits per heavy atom. The highest BCUT2D eigenvalue weighted by Gasteiger charge is 2.39. The molecule has 0 saturated carbocycles. The van der Waals surface area contributed by atoms with Gasteiger partial charge in [-0.25, -0.2) is 9.18 Å². The summed E-state index contributed by atoms with van der Waals surface area (Å²) in [6.07, 6.45) is 2.23. The van der Waals surface area contributed by atoms with Crippen molar-refractivity contribution < 1.29 is 18.7 Å². The number of hydrogen-bond acceptors (Lipinski definition) is 3. The normalized spacial score (nSPS) is 20.9. The lowest BCUT2D eigenvalue weighted by Gasteiger charge is -2.43. The molecule has 1 N–H and O–H groups in total. The lowest BCUT2D eigenvalue weighted by atomic mass is 10.0. The van der Waals surface area contributed by atoms with Crippen molar-refractivity contribution in [1.82, 2.24) is 4.90 Å². The van der Waals surface area contributed by atoms with Crippen LogP contribution in [0.1, 0.15) is 19.3 Å². The van der Waals surface area contributed by atoms with Gasteiger partial charge >= 0.3 is 6.03 Å². The second-order valence-electron chi connectivity index (χ2n) is 5.51. The number of ether oxygens (including phenoxy) is 2. The van der Waals surface area contributed by atoms with E-state index in [-0.39, 0.29) is 11.1 Å². The molecule has 120 valence electrons. The molecule has 0 atom stereocenters. The van der Waals surface area contributed by atoms with Gasteiger partial charge in [0.2, 0.25) is 0 Å². The van der Waals surface area contributed by atoms with Gasteiger partial charge in [-0.15, -0.1) is 0 Å². The van der Waals surface area contributed by atoms with E-state index in [2.05, 4.69) is 5.32 Å². The van der Waals surface area contributed by atoms with Crippen LogP contribution in [0.3, 0.4) is 0 Å². The summed E-state index contributed by atoms with van der Waals surface area (Å²) >= 11 is 5.71. The third kappa shape index (κ3) is 3.34. The molecule has 2 saturated heterocycles. The molecule has 2 fully saturated rings. The van der Waals surface area contributed by atoms with Crippen LogP contribution in [0.4, 0.5) is 14.9 Å². The highest BCUT2D eigenvalue weighted by molar-refractivity contribution is 6.31. The number of urea groups is 1. The molecule has 1 aromatic carbocycles. The second-order valence-corrected chi connectivity index (χ2v) is 5.91. The van der Waals surface area contributed by atoms with Crippen molar-refractivity contribution in [3.63, 3.8) is 0 Å². The Morgan fingerprint density at radius 1 is 1.27 bits per heavy atom. The number of nitrogens with one attached hydrogen (secondary N) is 1. The number of halogens is 2. The van der Waals surface area contributed by atoms with E-state index in [0.717, 1.165) is 6.42 Å². The number of benzene rings is 1. The van der Waals surface area contributed by atoms with Gasteiger partial charge in [0.15, 0.2) is 5.79 Å². The molecule has 0 bridgehead atoms. The first kappa shape index (κ1) is 15.5. The van der Waals surface area contributed by atoms with Gasteiger partial charge in [-0.05, 0) is 24.6 Å². The number of hydrogen-bond donors (Lipinski definition) is 1. The van der Waals surface area contributed by atoms with Crippen molar-refractivity contribution in [3.05, 3.63) is 29.0 Å².